The molecule has 13 heavy (non-hydrogen) atoms. The number of nitrogens with zero attached hydrogens (tertiary/aromatic N) is 1. The molecule has 74 valence electrons. The van der Waals surface area contributed by atoms with E-state index < -0.39 is 0 Å². The van der Waals surface area contributed by atoms with Gasteiger partial charge >= 0.3 is 0 Å². The van der Waals surface area contributed by atoms with E-state index in [0.717, 1.165) is 32.4 Å². The summed E-state index contributed by atoms with van der Waals surface area (Å²) in [6, 6.07) is 0.675. The van der Waals surface area contributed by atoms with Crippen LogP contribution in [0.5, 0.6) is 0 Å². The fourth-order valence-electron chi connectivity index (χ4n) is 1.70. The van der Waals surface area contributed by atoms with Gasteiger partial charge in [0.05, 0.1) is 0 Å². The molecular weight excluding hydrogens is 164 g/mol. The standard InChI is InChI=1S/C10H18N2O/c1-12(10(13)8-2-3-8)7-5-9-4-6-11-9/h8-9,11H,2-7H2,1H3. The summed E-state index contributed by atoms with van der Waals surface area (Å²) in [5.41, 5.74) is 0. The first-order valence-electron chi connectivity index (χ1n) is 5.26. The van der Waals surface area contributed by atoms with Crippen molar-refractivity contribution < 1.29 is 4.79 Å². The van der Waals surface area contributed by atoms with Crippen LogP contribution in [-0.4, -0.2) is 37.0 Å². The lowest BCUT2D eigenvalue weighted by Gasteiger charge is -2.29. The Morgan fingerprint density at radius 2 is 2.15 bits per heavy atom. The van der Waals surface area contributed by atoms with Gasteiger partial charge in [0, 0.05) is 25.6 Å². The van der Waals surface area contributed by atoms with E-state index in [1.54, 1.807) is 0 Å². The van der Waals surface area contributed by atoms with Gasteiger partial charge < -0.3 is 10.2 Å². The van der Waals surface area contributed by atoms with Crippen LogP contribution < -0.4 is 5.32 Å². The fraction of sp³-hybridized carbons (Fsp3) is 0.900. The molecule has 1 atom stereocenters. The minimum atomic E-state index is 0.360. The average molecular weight is 182 g/mol. The van der Waals surface area contributed by atoms with Crippen LogP contribution in [0.2, 0.25) is 0 Å². The minimum Gasteiger partial charge on any atom is -0.345 e. The van der Waals surface area contributed by atoms with Gasteiger partial charge in [0.15, 0.2) is 0 Å². The molecular formula is C10H18N2O. The molecule has 0 aromatic carbocycles. The Hall–Kier alpha value is -0.570. The van der Waals surface area contributed by atoms with Crippen LogP contribution in [0, 0.1) is 5.92 Å². The van der Waals surface area contributed by atoms with Crippen LogP contribution in [0.4, 0.5) is 0 Å². The highest BCUT2D eigenvalue weighted by molar-refractivity contribution is 5.80. The zero-order valence-corrected chi connectivity index (χ0v) is 8.25. The maximum absolute atomic E-state index is 11.5. The smallest absolute Gasteiger partial charge is 0.225 e. The molecule has 2 aliphatic rings. The monoisotopic (exact) mass is 182 g/mol. The Labute approximate surface area is 79.5 Å². The van der Waals surface area contributed by atoms with Crippen molar-refractivity contribution in [1.82, 2.24) is 10.2 Å². The van der Waals surface area contributed by atoms with Crippen LogP contribution in [-0.2, 0) is 4.79 Å². The summed E-state index contributed by atoms with van der Waals surface area (Å²) in [6.07, 6.45) is 4.64. The lowest BCUT2D eigenvalue weighted by Crippen LogP contribution is -2.45. The summed E-state index contributed by atoms with van der Waals surface area (Å²) < 4.78 is 0. The van der Waals surface area contributed by atoms with Crippen molar-refractivity contribution in [1.29, 1.82) is 0 Å². The summed E-state index contributed by atoms with van der Waals surface area (Å²) in [7, 11) is 1.93. The molecule has 1 saturated carbocycles. The van der Waals surface area contributed by atoms with E-state index in [1.165, 1.54) is 6.42 Å². The number of carbonyl (C=O) groups excluding carboxylic acids is 1. The highest BCUT2D eigenvalue weighted by Crippen LogP contribution is 2.30. The topological polar surface area (TPSA) is 32.3 Å². The molecule has 1 aliphatic heterocycles. The summed E-state index contributed by atoms with van der Waals surface area (Å²) in [5.74, 6) is 0.735. The first-order valence-corrected chi connectivity index (χ1v) is 5.26. The quantitative estimate of drug-likeness (QED) is 0.691. The molecule has 1 amide bonds. The van der Waals surface area contributed by atoms with Gasteiger partial charge in [0.1, 0.15) is 0 Å². The largest absolute Gasteiger partial charge is 0.345 e. The van der Waals surface area contributed by atoms with E-state index in [1.807, 2.05) is 11.9 Å². The Bertz CT molecular complexity index is 197. The van der Waals surface area contributed by atoms with Gasteiger partial charge in [-0.15, -0.1) is 0 Å². The van der Waals surface area contributed by atoms with Crippen molar-refractivity contribution in [2.24, 2.45) is 5.92 Å². The zero-order valence-electron chi connectivity index (χ0n) is 8.25. The van der Waals surface area contributed by atoms with Crippen molar-refractivity contribution in [3.63, 3.8) is 0 Å². The van der Waals surface area contributed by atoms with Gasteiger partial charge in [0.25, 0.3) is 0 Å². The molecule has 1 unspecified atom stereocenters. The normalized spacial score (nSPS) is 26.7. The fourth-order valence-corrected chi connectivity index (χ4v) is 1.70. The van der Waals surface area contributed by atoms with Gasteiger partial charge in [-0.3, -0.25) is 4.79 Å². The predicted molar refractivity (Wildman–Crippen MR) is 51.4 cm³/mol. The Balaban J connectivity index is 1.64. The average Bonchev–Trinajstić information content (AvgIpc) is 2.82. The number of nitrogens with one attached hydrogen (secondary N) is 1. The van der Waals surface area contributed by atoms with Crippen molar-refractivity contribution in [2.75, 3.05) is 20.1 Å². The first kappa shape index (κ1) is 9.00. The van der Waals surface area contributed by atoms with Crippen LogP contribution >= 0.6 is 0 Å². The number of rotatable bonds is 4. The van der Waals surface area contributed by atoms with Crippen LogP contribution in [0.1, 0.15) is 25.7 Å². The van der Waals surface area contributed by atoms with Gasteiger partial charge in [-0.25, -0.2) is 0 Å². The van der Waals surface area contributed by atoms with E-state index in [-0.39, 0.29) is 0 Å². The van der Waals surface area contributed by atoms with Crippen molar-refractivity contribution in [2.45, 2.75) is 31.7 Å². The second-order valence-electron chi connectivity index (χ2n) is 4.26. The summed E-state index contributed by atoms with van der Waals surface area (Å²) in [6.45, 7) is 2.08. The number of hydrogen-bond acceptors (Lipinski definition) is 2. The molecule has 3 heteroatoms. The lowest BCUT2D eigenvalue weighted by molar-refractivity contribution is -0.131. The van der Waals surface area contributed by atoms with E-state index in [2.05, 4.69) is 5.32 Å². The molecule has 1 saturated heterocycles. The first-order chi connectivity index (χ1) is 6.27. The molecule has 0 bridgehead atoms. The highest BCUT2D eigenvalue weighted by Gasteiger charge is 2.32. The van der Waals surface area contributed by atoms with Crippen LogP contribution in [0.25, 0.3) is 0 Å². The van der Waals surface area contributed by atoms with E-state index >= 15 is 0 Å². The van der Waals surface area contributed by atoms with Crippen LogP contribution in [0.15, 0.2) is 0 Å². The molecule has 0 aromatic heterocycles. The van der Waals surface area contributed by atoms with Crippen molar-refractivity contribution >= 4 is 5.91 Å². The van der Waals surface area contributed by atoms with Gasteiger partial charge in [-0.05, 0) is 32.2 Å². The maximum Gasteiger partial charge on any atom is 0.225 e. The van der Waals surface area contributed by atoms with Crippen molar-refractivity contribution in [3.05, 3.63) is 0 Å². The molecule has 1 N–H and O–H groups in total. The molecule has 2 fully saturated rings. The molecule has 0 spiro atoms. The van der Waals surface area contributed by atoms with E-state index in [9.17, 15) is 4.79 Å². The molecule has 1 aliphatic carbocycles. The maximum atomic E-state index is 11.5. The molecule has 3 nitrogen and oxygen atoms in total. The molecule has 2 rings (SSSR count). The van der Waals surface area contributed by atoms with E-state index in [0.29, 0.717) is 17.9 Å². The van der Waals surface area contributed by atoms with Gasteiger partial charge in [-0.2, -0.15) is 0 Å². The Morgan fingerprint density at radius 1 is 1.46 bits per heavy atom. The molecule has 1 heterocycles. The third-order valence-electron chi connectivity index (χ3n) is 3.04. The minimum absolute atomic E-state index is 0.360. The number of carbonyl (C=O) groups is 1. The zero-order chi connectivity index (χ0) is 9.26. The van der Waals surface area contributed by atoms with Crippen LogP contribution in [0.3, 0.4) is 0 Å². The number of amides is 1. The SMILES string of the molecule is CN(CCC1CCN1)C(=O)C1CC1. The second-order valence-corrected chi connectivity index (χ2v) is 4.26. The third-order valence-corrected chi connectivity index (χ3v) is 3.04. The van der Waals surface area contributed by atoms with Crippen molar-refractivity contribution in [3.8, 4) is 0 Å². The molecule has 0 aromatic rings. The van der Waals surface area contributed by atoms with E-state index in [4.69, 9.17) is 0 Å². The van der Waals surface area contributed by atoms with Gasteiger partial charge in [0.2, 0.25) is 5.91 Å². The highest BCUT2D eigenvalue weighted by atomic mass is 16.2. The molecule has 0 radical (unpaired) electrons. The Morgan fingerprint density at radius 3 is 2.62 bits per heavy atom. The summed E-state index contributed by atoms with van der Waals surface area (Å²) in [4.78, 5) is 13.4. The number of hydrogen-bond donors (Lipinski definition) is 1. The Kier molecular flexibility index (Phi) is 2.54. The predicted octanol–water partition coefficient (Wildman–Crippen LogP) is 0.607. The van der Waals surface area contributed by atoms with Gasteiger partial charge in [-0.1, -0.05) is 0 Å². The lowest BCUT2D eigenvalue weighted by atomic mass is 10.0. The summed E-state index contributed by atoms with van der Waals surface area (Å²) >= 11 is 0. The second kappa shape index (κ2) is 3.66. The summed E-state index contributed by atoms with van der Waals surface area (Å²) in [5, 5.41) is 3.35. The third kappa shape index (κ3) is 2.21.